The average molecular weight is 433 g/mol. The maximum absolute atomic E-state index is 12.6. The van der Waals surface area contributed by atoms with Crippen LogP contribution >= 0.6 is 11.6 Å². The molecule has 0 bridgehead atoms. The van der Waals surface area contributed by atoms with Gasteiger partial charge in [0.05, 0.1) is 0 Å². The number of aromatic nitrogens is 2. The number of rotatable bonds is 6. The van der Waals surface area contributed by atoms with E-state index in [4.69, 9.17) is 16.0 Å². The summed E-state index contributed by atoms with van der Waals surface area (Å²) >= 11 is 6.03. The smallest absolute Gasteiger partial charge is 0.315 e. The fourth-order valence-corrected chi connectivity index (χ4v) is 3.19. The van der Waals surface area contributed by atoms with Crippen molar-refractivity contribution in [3.63, 3.8) is 0 Å². The van der Waals surface area contributed by atoms with Crippen molar-refractivity contribution in [2.75, 3.05) is 0 Å². The lowest BCUT2D eigenvalue weighted by molar-refractivity contribution is 0.236. The third-order valence-corrected chi connectivity index (χ3v) is 5.01. The Morgan fingerprint density at radius 2 is 1.68 bits per heavy atom. The Balaban J connectivity index is 1.53. The van der Waals surface area contributed by atoms with Crippen LogP contribution in [0.15, 0.2) is 83.3 Å². The van der Waals surface area contributed by atoms with Crippen LogP contribution in [0.5, 0.6) is 0 Å². The summed E-state index contributed by atoms with van der Waals surface area (Å²) in [7, 11) is 0. The number of carbonyl (C=O) groups is 1. The van der Waals surface area contributed by atoms with Crippen LogP contribution in [0.4, 0.5) is 4.79 Å². The Morgan fingerprint density at radius 3 is 2.39 bits per heavy atom. The predicted molar refractivity (Wildman–Crippen MR) is 120 cm³/mol. The Hall–Kier alpha value is -3.64. The largest absolute Gasteiger partial charge is 0.418 e. The predicted octanol–water partition coefficient (Wildman–Crippen LogP) is 5.29. The molecule has 1 unspecified atom stereocenters. The molecule has 0 saturated heterocycles. The fraction of sp³-hybridized carbons (Fsp3) is 0.125. The first-order valence-corrected chi connectivity index (χ1v) is 10.2. The summed E-state index contributed by atoms with van der Waals surface area (Å²) in [6, 6.07) is 23.6. The van der Waals surface area contributed by atoms with Crippen molar-refractivity contribution in [2.24, 2.45) is 0 Å². The van der Waals surface area contributed by atoms with E-state index in [0.717, 1.165) is 16.7 Å². The molecule has 4 rings (SSSR count). The van der Waals surface area contributed by atoms with E-state index >= 15 is 0 Å². The highest BCUT2D eigenvalue weighted by atomic mass is 35.5. The van der Waals surface area contributed by atoms with Gasteiger partial charge in [0.25, 0.3) is 0 Å². The summed E-state index contributed by atoms with van der Waals surface area (Å²) in [6.45, 7) is 2.42. The summed E-state index contributed by atoms with van der Waals surface area (Å²) in [5, 5.41) is 14.7. The Bertz CT molecular complexity index is 1140. The molecule has 7 heteroatoms. The van der Waals surface area contributed by atoms with Crippen LogP contribution in [0, 0.1) is 6.92 Å². The van der Waals surface area contributed by atoms with E-state index in [2.05, 4.69) is 20.8 Å². The van der Waals surface area contributed by atoms with Crippen molar-refractivity contribution in [1.29, 1.82) is 0 Å². The molecule has 1 aromatic heterocycles. The van der Waals surface area contributed by atoms with Gasteiger partial charge in [0.15, 0.2) is 0 Å². The van der Waals surface area contributed by atoms with Crippen LogP contribution in [-0.4, -0.2) is 16.2 Å². The second kappa shape index (κ2) is 9.45. The molecule has 0 aliphatic heterocycles. The molecule has 0 fully saturated rings. The quantitative estimate of drug-likeness (QED) is 0.434. The number of hydrogen-bond donors (Lipinski definition) is 2. The van der Waals surface area contributed by atoms with E-state index in [1.807, 2.05) is 73.7 Å². The standard InChI is InChI=1S/C24H21ClN4O2/c1-16-7-9-17(10-8-16)15-26-24(30)27-21(18-11-13-20(25)14-12-18)23-29-28-22(31-23)19-5-3-2-4-6-19/h2-14,21H,15H2,1H3,(H2,26,27,30). The van der Waals surface area contributed by atoms with E-state index in [9.17, 15) is 4.79 Å². The lowest BCUT2D eigenvalue weighted by Gasteiger charge is -2.16. The van der Waals surface area contributed by atoms with Crippen molar-refractivity contribution >= 4 is 17.6 Å². The number of nitrogens with one attached hydrogen (secondary N) is 2. The minimum absolute atomic E-state index is 0.284. The van der Waals surface area contributed by atoms with Crippen molar-refractivity contribution < 1.29 is 9.21 Å². The second-order valence-corrected chi connectivity index (χ2v) is 7.55. The number of urea groups is 1. The maximum atomic E-state index is 12.6. The number of aryl methyl sites for hydroxylation is 1. The first-order chi connectivity index (χ1) is 15.1. The van der Waals surface area contributed by atoms with Gasteiger partial charge in [-0.25, -0.2) is 4.79 Å². The van der Waals surface area contributed by atoms with Crippen LogP contribution in [0.2, 0.25) is 5.02 Å². The van der Waals surface area contributed by atoms with Gasteiger partial charge in [0.1, 0.15) is 6.04 Å². The first-order valence-electron chi connectivity index (χ1n) is 9.83. The van der Waals surface area contributed by atoms with Crippen molar-refractivity contribution in [1.82, 2.24) is 20.8 Å². The molecule has 156 valence electrons. The van der Waals surface area contributed by atoms with E-state index in [0.29, 0.717) is 17.5 Å². The minimum atomic E-state index is -0.625. The highest BCUT2D eigenvalue weighted by Crippen LogP contribution is 2.26. The molecule has 0 spiro atoms. The SMILES string of the molecule is Cc1ccc(CNC(=O)NC(c2ccc(Cl)cc2)c2nnc(-c3ccccc3)o2)cc1. The molecule has 6 nitrogen and oxygen atoms in total. The first kappa shape index (κ1) is 20.6. The summed E-state index contributed by atoms with van der Waals surface area (Å²) in [5.41, 5.74) is 3.76. The Morgan fingerprint density at radius 1 is 0.968 bits per heavy atom. The van der Waals surface area contributed by atoms with Gasteiger partial charge in [-0.1, -0.05) is 71.8 Å². The van der Waals surface area contributed by atoms with Gasteiger partial charge >= 0.3 is 6.03 Å². The lowest BCUT2D eigenvalue weighted by Crippen LogP contribution is -2.38. The van der Waals surface area contributed by atoms with E-state index in [1.54, 1.807) is 12.1 Å². The molecular formula is C24H21ClN4O2. The number of carbonyl (C=O) groups excluding carboxylic acids is 1. The van der Waals surface area contributed by atoms with Gasteiger partial charge in [0.2, 0.25) is 11.8 Å². The Kier molecular flexibility index (Phi) is 6.29. The monoisotopic (exact) mass is 432 g/mol. The van der Waals surface area contributed by atoms with E-state index in [-0.39, 0.29) is 11.9 Å². The molecule has 2 N–H and O–H groups in total. The molecule has 1 atom stereocenters. The van der Waals surface area contributed by atoms with Crippen molar-refractivity contribution in [3.05, 3.63) is 106 Å². The summed E-state index contributed by atoms with van der Waals surface area (Å²) < 4.78 is 5.90. The maximum Gasteiger partial charge on any atom is 0.315 e. The molecule has 0 saturated carbocycles. The third kappa shape index (κ3) is 5.29. The molecule has 1 heterocycles. The molecule has 3 aromatic carbocycles. The normalized spacial score (nSPS) is 11.7. The van der Waals surface area contributed by atoms with Gasteiger partial charge in [0, 0.05) is 17.1 Å². The number of amides is 2. The van der Waals surface area contributed by atoms with Gasteiger partial charge in [-0.05, 0) is 42.3 Å². The van der Waals surface area contributed by atoms with Gasteiger partial charge in [-0.2, -0.15) is 0 Å². The molecule has 0 radical (unpaired) electrons. The van der Waals surface area contributed by atoms with Crippen LogP contribution in [0.1, 0.15) is 28.6 Å². The van der Waals surface area contributed by atoms with Crippen LogP contribution in [-0.2, 0) is 6.54 Å². The zero-order chi connectivity index (χ0) is 21.6. The molecular weight excluding hydrogens is 412 g/mol. The zero-order valence-corrected chi connectivity index (χ0v) is 17.6. The van der Waals surface area contributed by atoms with Gasteiger partial charge in [-0.15, -0.1) is 10.2 Å². The van der Waals surface area contributed by atoms with Crippen LogP contribution in [0.3, 0.4) is 0 Å². The van der Waals surface area contributed by atoms with Crippen LogP contribution < -0.4 is 10.6 Å². The van der Waals surface area contributed by atoms with E-state index in [1.165, 1.54) is 5.56 Å². The molecule has 0 aliphatic carbocycles. The van der Waals surface area contributed by atoms with Gasteiger partial charge in [-0.3, -0.25) is 0 Å². The van der Waals surface area contributed by atoms with Crippen molar-refractivity contribution in [2.45, 2.75) is 19.5 Å². The van der Waals surface area contributed by atoms with Crippen molar-refractivity contribution in [3.8, 4) is 11.5 Å². The van der Waals surface area contributed by atoms with Gasteiger partial charge < -0.3 is 15.1 Å². The zero-order valence-electron chi connectivity index (χ0n) is 16.9. The minimum Gasteiger partial charge on any atom is -0.418 e. The highest BCUT2D eigenvalue weighted by Gasteiger charge is 2.23. The molecule has 4 aromatic rings. The van der Waals surface area contributed by atoms with E-state index < -0.39 is 6.04 Å². The Labute approximate surface area is 185 Å². The molecule has 2 amide bonds. The highest BCUT2D eigenvalue weighted by molar-refractivity contribution is 6.30. The number of nitrogens with zero attached hydrogens (tertiary/aromatic N) is 2. The number of benzene rings is 3. The molecule has 31 heavy (non-hydrogen) atoms. The number of hydrogen-bond acceptors (Lipinski definition) is 4. The number of halogens is 1. The second-order valence-electron chi connectivity index (χ2n) is 7.11. The topological polar surface area (TPSA) is 80.0 Å². The average Bonchev–Trinajstić information content (AvgIpc) is 3.28. The summed E-state index contributed by atoms with van der Waals surface area (Å²) in [5.74, 6) is 0.670. The van der Waals surface area contributed by atoms with Crippen LogP contribution in [0.25, 0.3) is 11.5 Å². The third-order valence-electron chi connectivity index (χ3n) is 4.76. The fourth-order valence-electron chi connectivity index (χ4n) is 3.06. The lowest BCUT2D eigenvalue weighted by atomic mass is 10.1. The molecule has 0 aliphatic rings. The summed E-state index contributed by atoms with van der Waals surface area (Å²) in [6.07, 6.45) is 0. The summed E-state index contributed by atoms with van der Waals surface area (Å²) in [4.78, 5) is 12.6.